The Balaban J connectivity index is 2.58. The van der Waals surface area contributed by atoms with E-state index < -0.39 is 0 Å². The van der Waals surface area contributed by atoms with E-state index in [1.54, 1.807) is 23.5 Å². The summed E-state index contributed by atoms with van der Waals surface area (Å²) >= 11 is 1.64. The topological polar surface area (TPSA) is 17.1 Å². The largest absolute Gasteiger partial charge is 0.290 e. The molecule has 0 atom stereocenters. The van der Waals surface area contributed by atoms with Crippen LogP contribution in [0.2, 0.25) is 0 Å². The van der Waals surface area contributed by atoms with E-state index in [1.807, 2.05) is 37.3 Å². The molecule has 0 fully saturated rings. The van der Waals surface area contributed by atoms with Gasteiger partial charge in [0.15, 0.2) is 5.43 Å². The molecule has 0 saturated heterocycles. The Bertz CT molecular complexity index is 485. The molecule has 0 aliphatic rings. The molecule has 1 heterocycles. The van der Waals surface area contributed by atoms with Crippen molar-refractivity contribution in [1.29, 1.82) is 0 Å². The van der Waals surface area contributed by atoms with Crippen LogP contribution in [0.5, 0.6) is 0 Å². The standard InChI is InChI=1S/C12H10OS/c1-9-7-11(13)8-12(14-9)10-5-3-2-4-6-10/h2-8H,1H3. The molecular weight excluding hydrogens is 192 g/mol. The van der Waals surface area contributed by atoms with Crippen LogP contribution in [0.15, 0.2) is 47.3 Å². The molecule has 0 bridgehead atoms. The summed E-state index contributed by atoms with van der Waals surface area (Å²) in [5.74, 6) is 0. The summed E-state index contributed by atoms with van der Waals surface area (Å²) < 4.78 is 0. The van der Waals surface area contributed by atoms with E-state index in [4.69, 9.17) is 0 Å². The molecule has 2 heteroatoms. The zero-order valence-corrected chi connectivity index (χ0v) is 8.67. The average molecular weight is 202 g/mol. The first-order chi connectivity index (χ1) is 6.75. The van der Waals surface area contributed by atoms with Gasteiger partial charge in [-0.05, 0) is 18.6 Å². The summed E-state index contributed by atoms with van der Waals surface area (Å²) in [6.07, 6.45) is 0. The van der Waals surface area contributed by atoms with Gasteiger partial charge in [0, 0.05) is 15.8 Å². The summed E-state index contributed by atoms with van der Waals surface area (Å²) in [6, 6.07) is 13.3. The van der Waals surface area contributed by atoms with Crippen molar-refractivity contribution in [3.63, 3.8) is 0 Å². The van der Waals surface area contributed by atoms with E-state index in [9.17, 15) is 4.79 Å². The molecule has 0 radical (unpaired) electrons. The van der Waals surface area contributed by atoms with Crippen molar-refractivity contribution in [2.45, 2.75) is 6.92 Å². The highest BCUT2D eigenvalue weighted by Crippen LogP contribution is 2.23. The zero-order chi connectivity index (χ0) is 9.97. The molecule has 1 aromatic heterocycles. The predicted molar refractivity (Wildman–Crippen MR) is 60.8 cm³/mol. The third-order valence-corrected chi connectivity index (χ3v) is 2.96. The summed E-state index contributed by atoms with van der Waals surface area (Å²) in [5.41, 5.74) is 1.19. The van der Waals surface area contributed by atoms with Crippen LogP contribution < -0.4 is 5.43 Å². The summed E-state index contributed by atoms with van der Waals surface area (Å²) in [6.45, 7) is 1.96. The van der Waals surface area contributed by atoms with Gasteiger partial charge in [0.05, 0.1) is 0 Å². The van der Waals surface area contributed by atoms with Crippen LogP contribution in [0.4, 0.5) is 0 Å². The fourth-order valence-corrected chi connectivity index (χ4v) is 2.30. The molecule has 0 N–H and O–H groups in total. The first-order valence-electron chi connectivity index (χ1n) is 4.43. The molecule has 0 spiro atoms. The minimum atomic E-state index is 0.0834. The van der Waals surface area contributed by atoms with Gasteiger partial charge in [-0.25, -0.2) is 0 Å². The van der Waals surface area contributed by atoms with Gasteiger partial charge in [-0.2, -0.15) is 0 Å². The normalized spacial score (nSPS) is 10.1. The minimum absolute atomic E-state index is 0.0834. The Morgan fingerprint density at radius 3 is 2.43 bits per heavy atom. The lowest BCUT2D eigenvalue weighted by atomic mass is 10.2. The minimum Gasteiger partial charge on any atom is -0.290 e. The second kappa shape index (κ2) is 3.76. The monoisotopic (exact) mass is 202 g/mol. The van der Waals surface area contributed by atoms with Gasteiger partial charge in [0.1, 0.15) is 0 Å². The van der Waals surface area contributed by atoms with Crippen molar-refractivity contribution in [1.82, 2.24) is 0 Å². The van der Waals surface area contributed by atoms with E-state index in [1.165, 1.54) is 0 Å². The van der Waals surface area contributed by atoms with Crippen molar-refractivity contribution in [2.24, 2.45) is 0 Å². The lowest BCUT2D eigenvalue weighted by molar-refractivity contribution is 1.53. The van der Waals surface area contributed by atoms with Gasteiger partial charge in [-0.15, -0.1) is 11.3 Å². The highest BCUT2D eigenvalue weighted by atomic mass is 32.1. The highest BCUT2D eigenvalue weighted by Gasteiger charge is 1.99. The number of rotatable bonds is 1. The first kappa shape index (κ1) is 9.16. The maximum atomic E-state index is 11.3. The van der Waals surface area contributed by atoms with Gasteiger partial charge in [-0.1, -0.05) is 30.3 Å². The molecule has 70 valence electrons. The fraction of sp³-hybridized carbons (Fsp3) is 0.0833. The SMILES string of the molecule is Cc1cc(=O)cc(-c2ccccc2)s1. The van der Waals surface area contributed by atoms with Crippen molar-refractivity contribution >= 4 is 11.3 Å². The molecule has 0 saturated carbocycles. The van der Waals surface area contributed by atoms with Crippen LogP contribution in [0, 0.1) is 6.92 Å². The molecule has 2 aromatic rings. The maximum Gasteiger partial charge on any atom is 0.181 e. The van der Waals surface area contributed by atoms with Gasteiger partial charge in [0.2, 0.25) is 0 Å². The molecule has 0 aliphatic heterocycles. The van der Waals surface area contributed by atoms with Gasteiger partial charge < -0.3 is 0 Å². The number of benzene rings is 1. The predicted octanol–water partition coefficient (Wildman–Crippen LogP) is 3.08. The molecule has 1 aromatic carbocycles. The zero-order valence-electron chi connectivity index (χ0n) is 7.86. The van der Waals surface area contributed by atoms with Crippen LogP contribution >= 0.6 is 11.3 Å². The molecule has 2 rings (SSSR count). The lowest BCUT2D eigenvalue weighted by Gasteiger charge is -1.99. The molecular formula is C12H10OS. The van der Waals surface area contributed by atoms with Crippen LogP contribution in [-0.2, 0) is 0 Å². The number of aryl methyl sites for hydroxylation is 1. The highest BCUT2D eigenvalue weighted by molar-refractivity contribution is 7.15. The molecule has 1 nitrogen and oxygen atoms in total. The number of hydrogen-bond donors (Lipinski definition) is 0. The van der Waals surface area contributed by atoms with Crippen molar-refractivity contribution in [3.8, 4) is 10.4 Å². The van der Waals surface area contributed by atoms with E-state index >= 15 is 0 Å². The van der Waals surface area contributed by atoms with Crippen LogP contribution in [0.25, 0.3) is 10.4 Å². The van der Waals surface area contributed by atoms with Crippen LogP contribution in [0.3, 0.4) is 0 Å². The van der Waals surface area contributed by atoms with Gasteiger partial charge in [0.25, 0.3) is 0 Å². The lowest BCUT2D eigenvalue weighted by Crippen LogP contribution is -1.95. The summed E-state index contributed by atoms with van der Waals surface area (Å²) in [7, 11) is 0. The molecule has 14 heavy (non-hydrogen) atoms. The van der Waals surface area contributed by atoms with Gasteiger partial charge in [-0.3, -0.25) is 4.79 Å². The maximum absolute atomic E-state index is 11.3. The Morgan fingerprint density at radius 2 is 1.79 bits per heavy atom. The summed E-state index contributed by atoms with van der Waals surface area (Å²) in [5, 5.41) is 0. The Labute approximate surface area is 86.7 Å². The van der Waals surface area contributed by atoms with Crippen LogP contribution in [-0.4, -0.2) is 0 Å². The summed E-state index contributed by atoms with van der Waals surface area (Å²) in [4.78, 5) is 13.4. The smallest absolute Gasteiger partial charge is 0.181 e. The van der Waals surface area contributed by atoms with Crippen molar-refractivity contribution in [2.75, 3.05) is 0 Å². The van der Waals surface area contributed by atoms with Crippen molar-refractivity contribution < 1.29 is 0 Å². The van der Waals surface area contributed by atoms with E-state index in [0.29, 0.717) is 0 Å². The Hall–Kier alpha value is -1.41. The molecule has 0 amide bonds. The van der Waals surface area contributed by atoms with Crippen LogP contribution in [0.1, 0.15) is 4.88 Å². The van der Waals surface area contributed by atoms with E-state index in [-0.39, 0.29) is 5.43 Å². The van der Waals surface area contributed by atoms with E-state index in [0.717, 1.165) is 15.3 Å². The molecule has 0 aliphatic carbocycles. The molecule has 0 unspecified atom stereocenters. The third kappa shape index (κ3) is 1.91. The van der Waals surface area contributed by atoms with Crippen molar-refractivity contribution in [3.05, 3.63) is 57.6 Å². The second-order valence-corrected chi connectivity index (χ2v) is 4.42. The van der Waals surface area contributed by atoms with E-state index in [2.05, 4.69) is 0 Å². The van der Waals surface area contributed by atoms with Gasteiger partial charge >= 0.3 is 0 Å². The third-order valence-electron chi connectivity index (χ3n) is 1.95. The fourth-order valence-electron chi connectivity index (χ4n) is 1.35. The Morgan fingerprint density at radius 1 is 1.07 bits per heavy atom. The quantitative estimate of drug-likeness (QED) is 0.694. The Kier molecular flexibility index (Phi) is 2.46. The number of hydrogen-bond acceptors (Lipinski definition) is 2. The average Bonchev–Trinajstić information content (AvgIpc) is 2.18. The first-order valence-corrected chi connectivity index (χ1v) is 5.24. The second-order valence-electron chi connectivity index (χ2n) is 3.13.